The maximum Gasteiger partial charge on any atom is 0.224 e. The lowest BCUT2D eigenvalue weighted by Crippen LogP contribution is -2.30. The first-order chi connectivity index (χ1) is 10.1. The SMILES string of the molecule is CC(=O)N(Cc1ccc(NC(=O)CCCN)cc1)C1CC1. The minimum atomic E-state index is -0.0171. The first-order valence-electron chi connectivity index (χ1n) is 7.46. The molecule has 0 bridgehead atoms. The van der Waals surface area contributed by atoms with E-state index in [4.69, 9.17) is 5.73 Å². The fourth-order valence-electron chi connectivity index (χ4n) is 2.26. The fraction of sp³-hybridized carbons (Fsp3) is 0.500. The molecule has 1 aromatic carbocycles. The summed E-state index contributed by atoms with van der Waals surface area (Å²) in [5, 5.41) is 2.84. The Hall–Kier alpha value is -1.88. The first kappa shape index (κ1) is 15.5. The standard InChI is InChI=1S/C16H23N3O2/c1-12(20)19(15-8-9-15)11-13-4-6-14(7-5-13)18-16(21)3-2-10-17/h4-7,15H,2-3,8-11,17H2,1H3,(H,18,21). The number of hydrogen-bond donors (Lipinski definition) is 2. The van der Waals surface area contributed by atoms with Gasteiger partial charge < -0.3 is 16.0 Å². The Labute approximate surface area is 125 Å². The van der Waals surface area contributed by atoms with Crippen molar-refractivity contribution in [2.75, 3.05) is 11.9 Å². The van der Waals surface area contributed by atoms with Crippen molar-refractivity contribution in [2.24, 2.45) is 5.73 Å². The number of benzene rings is 1. The van der Waals surface area contributed by atoms with Gasteiger partial charge in [0.2, 0.25) is 11.8 Å². The van der Waals surface area contributed by atoms with Gasteiger partial charge in [-0.05, 0) is 43.5 Å². The Bertz CT molecular complexity index is 495. The quantitative estimate of drug-likeness (QED) is 0.804. The first-order valence-corrected chi connectivity index (χ1v) is 7.46. The predicted octanol–water partition coefficient (Wildman–Crippen LogP) is 1.87. The molecule has 3 N–H and O–H groups in total. The number of carbonyl (C=O) groups excluding carboxylic acids is 2. The van der Waals surface area contributed by atoms with E-state index in [9.17, 15) is 9.59 Å². The van der Waals surface area contributed by atoms with Crippen molar-refractivity contribution >= 4 is 17.5 Å². The van der Waals surface area contributed by atoms with Crippen molar-refractivity contribution in [2.45, 2.75) is 45.2 Å². The van der Waals surface area contributed by atoms with E-state index in [1.807, 2.05) is 29.2 Å². The summed E-state index contributed by atoms with van der Waals surface area (Å²) >= 11 is 0. The second kappa shape index (κ2) is 7.22. The molecule has 0 aliphatic heterocycles. The van der Waals surface area contributed by atoms with E-state index in [-0.39, 0.29) is 11.8 Å². The summed E-state index contributed by atoms with van der Waals surface area (Å²) in [7, 11) is 0. The molecule has 1 aliphatic carbocycles. The number of anilines is 1. The Balaban J connectivity index is 1.89. The molecule has 114 valence electrons. The van der Waals surface area contributed by atoms with E-state index >= 15 is 0 Å². The van der Waals surface area contributed by atoms with E-state index in [0.29, 0.717) is 32.0 Å². The zero-order chi connectivity index (χ0) is 15.2. The Morgan fingerprint density at radius 2 is 1.95 bits per heavy atom. The van der Waals surface area contributed by atoms with Gasteiger partial charge in [0.25, 0.3) is 0 Å². The summed E-state index contributed by atoms with van der Waals surface area (Å²) in [6, 6.07) is 8.08. The Morgan fingerprint density at radius 3 is 2.48 bits per heavy atom. The molecule has 0 aromatic heterocycles. The molecule has 0 unspecified atom stereocenters. The van der Waals surface area contributed by atoms with Gasteiger partial charge in [-0.25, -0.2) is 0 Å². The molecule has 1 saturated carbocycles. The highest BCUT2D eigenvalue weighted by atomic mass is 16.2. The molecule has 1 fully saturated rings. The van der Waals surface area contributed by atoms with Gasteiger partial charge in [-0.1, -0.05) is 12.1 Å². The van der Waals surface area contributed by atoms with Crippen molar-refractivity contribution < 1.29 is 9.59 Å². The van der Waals surface area contributed by atoms with Crippen LogP contribution in [0.1, 0.15) is 38.2 Å². The number of amides is 2. The van der Waals surface area contributed by atoms with Gasteiger partial charge in [0.1, 0.15) is 0 Å². The van der Waals surface area contributed by atoms with Crippen LogP contribution in [-0.2, 0) is 16.1 Å². The third-order valence-corrected chi connectivity index (χ3v) is 3.59. The molecule has 1 aliphatic rings. The van der Waals surface area contributed by atoms with Crippen LogP contribution in [0.4, 0.5) is 5.69 Å². The Morgan fingerprint density at radius 1 is 1.29 bits per heavy atom. The van der Waals surface area contributed by atoms with Crippen molar-refractivity contribution in [3.63, 3.8) is 0 Å². The Kier molecular flexibility index (Phi) is 5.33. The van der Waals surface area contributed by atoms with E-state index in [2.05, 4.69) is 5.32 Å². The summed E-state index contributed by atoms with van der Waals surface area (Å²) in [5.74, 6) is 0.105. The van der Waals surface area contributed by atoms with Gasteiger partial charge in [0.05, 0.1) is 0 Å². The minimum Gasteiger partial charge on any atom is -0.336 e. The van der Waals surface area contributed by atoms with Crippen LogP contribution in [0.25, 0.3) is 0 Å². The van der Waals surface area contributed by atoms with Crippen LogP contribution in [-0.4, -0.2) is 29.3 Å². The van der Waals surface area contributed by atoms with Crippen molar-refractivity contribution in [3.05, 3.63) is 29.8 Å². The van der Waals surface area contributed by atoms with E-state index < -0.39 is 0 Å². The van der Waals surface area contributed by atoms with Crippen LogP contribution in [0.2, 0.25) is 0 Å². The number of nitrogens with two attached hydrogens (primary N) is 1. The van der Waals surface area contributed by atoms with Gasteiger partial charge in [0, 0.05) is 31.6 Å². The van der Waals surface area contributed by atoms with Gasteiger partial charge in [-0.3, -0.25) is 9.59 Å². The minimum absolute atomic E-state index is 0.0171. The third kappa shape index (κ3) is 4.86. The van der Waals surface area contributed by atoms with Gasteiger partial charge in [0.15, 0.2) is 0 Å². The molecular formula is C16H23N3O2. The third-order valence-electron chi connectivity index (χ3n) is 3.59. The van der Waals surface area contributed by atoms with Crippen LogP contribution >= 0.6 is 0 Å². The smallest absolute Gasteiger partial charge is 0.224 e. The second-order valence-electron chi connectivity index (χ2n) is 5.52. The number of hydrogen-bond acceptors (Lipinski definition) is 3. The number of rotatable bonds is 7. The lowest BCUT2D eigenvalue weighted by atomic mass is 10.2. The zero-order valence-electron chi connectivity index (χ0n) is 12.5. The van der Waals surface area contributed by atoms with Crippen LogP contribution in [0, 0.1) is 0 Å². The fourth-order valence-corrected chi connectivity index (χ4v) is 2.26. The number of carbonyl (C=O) groups is 2. The number of nitrogens with zero attached hydrogens (tertiary/aromatic N) is 1. The molecule has 2 rings (SSSR count). The summed E-state index contributed by atoms with van der Waals surface area (Å²) in [4.78, 5) is 25.1. The lowest BCUT2D eigenvalue weighted by molar-refractivity contribution is -0.130. The van der Waals surface area contributed by atoms with Crippen molar-refractivity contribution in [1.29, 1.82) is 0 Å². The molecule has 0 saturated heterocycles. The molecule has 2 amide bonds. The summed E-state index contributed by atoms with van der Waals surface area (Å²) < 4.78 is 0. The van der Waals surface area contributed by atoms with Crippen molar-refractivity contribution in [3.8, 4) is 0 Å². The van der Waals surface area contributed by atoms with E-state index in [0.717, 1.165) is 24.1 Å². The van der Waals surface area contributed by atoms with Crippen LogP contribution in [0.3, 0.4) is 0 Å². The highest BCUT2D eigenvalue weighted by molar-refractivity contribution is 5.90. The lowest BCUT2D eigenvalue weighted by Gasteiger charge is -2.20. The van der Waals surface area contributed by atoms with Gasteiger partial charge in [-0.2, -0.15) is 0 Å². The van der Waals surface area contributed by atoms with Crippen LogP contribution in [0.15, 0.2) is 24.3 Å². The monoisotopic (exact) mass is 289 g/mol. The van der Waals surface area contributed by atoms with Crippen LogP contribution < -0.4 is 11.1 Å². The molecule has 0 heterocycles. The molecule has 5 nitrogen and oxygen atoms in total. The molecular weight excluding hydrogens is 266 g/mol. The largest absolute Gasteiger partial charge is 0.336 e. The van der Waals surface area contributed by atoms with E-state index in [1.165, 1.54) is 0 Å². The summed E-state index contributed by atoms with van der Waals surface area (Å²) in [5.41, 5.74) is 7.24. The summed E-state index contributed by atoms with van der Waals surface area (Å²) in [6.45, 7) is 2.78. The molecule has 21 heavy (non-hydrogen) atoms. The second-order valence-corrected chi connectivity index (χ2v) is 5.52. The van der Waals surface area contributed by atoms with Crippen molar-refractivity contribution in [1.82, 2.24) is 4.90 Å². The highest BCUT2D eigenvalue weighted by Crippen LogP contribution is 2.28. The van der Waals surface area contributed by atoms with Crippen LogP contribution in [0.5, 0.6) is 0 Å². The zero-order valence-corrected chi connectivity index (χ0v) is 12.5. The number of nitrogens with one attached hydrogen (secondary N) is 1. The molecule has 0 spiro atoms. The maximum atomic E-state index is 11.6. The maximum absolute atomic E-state index is 11.6. The average Bonchev–Trinajstić information content (AvgIpc) is 3.28. The molecule has 1 aromatic rings. The normalized spacial score (nSPS) is 13.8. The summed E-state index contributed by atoms with van der Waals surface area (Å²) in [6.07, 6.45) is 3.35. The molecule has 0 radical (unpaired) electrons. The average molecular weight is 289 g/mol. The van der Waals surface area contributed by atoms with Gasteiger partial charge in [-0.15, -0.1) is 0 Å². The topological polar surface area (TPSA) is 75.4 Å². The van der Waals surface area contributed by atoms with Gasteiger partial charge >= 0.3 is 0 Å². The molecule has 0 atom stereocenters. The predicted molar refractivity (Wildman–Crippen MR) is 82.6 cm³/mol. The van der Waals surface area contributed by atoms with E-state index in [1.54, 1.807) is 6.92 Å². The highest BCUT2D eigenvalue weighted by Gasteiger charge is 2.30. The molecule has 5 heteroatoms.